The van der Waals surface area contributed by atoms with Gasteiger partial charge in [-0.05, 0) is 31.2 Å². The standard InChI is InChI=1S/C19H25F2N5O/c20-18(21)16-10-15(24-19-22-12-23-26(16)19)14-6-3-9-25(11-14)17(27)8-7-13-4-1-2-5-13/h10,12-14,18H,1-9,11H2/t14-/m1/s1. The van der Waals surface area contributed by atoms with Gasteiger partial charge in [-0.15, -0.1) is 0 Å². The van der Waals surface area contributed by atoms with Crippen molar-refractivity contribution in [3.63, 3.8) is 0 Å². The number of aromatic nitrogens is 4. The van der Waals surface area contributed by atoms with Crippen LogP contribution in [0.4, 0.5) is 8.78 Å². The Kier molecular flexibility index (Phi) is 5.31. The first-order valence-electron chi connectivity index (χ1n) is 9.88. The highest BCUT2D eigenvalue weighted by Gasteiger charge is 2.28. The number of amides is 1. The first-order valence-corrected chi connectivity index (χ1v) is 9.88. The van der Waals surface area contributed by atoms with E-state index in [1.54, 1.807) is 0 Å². The molecule has 6 nitrogen and oxygen atoms in total. The molecule has 2 fully saturated rings. The third-order valence-corrected chi connectivity index (χ3v) is 5.96. The van der Waals surface area contributed by atoms with Gasteiger partial charge in [-0.25, -0.2) is 13.8 Å². The molecular weight excluding hydrogens is 352 g/mol. The van der Waals surface area contributed by atoms with Crippen LogP contribution in [0.2, 0.25) is 0 Å². The van der Waals surface area contributed by atoms with Crippen molar-refractivity contribution >= 4 is 11.7 Å². The number of alkyl halides is 2. The Labute approximate surface area is 157 Å². The SMILES string of the molecule is O=C(CCC1CCCC1)N1CCC[C@@H](c2cc(C(F)F)n3ncnc3n2)C1. The van der Waals surface area contributed by atoms with Gasteiger partial charge in [0.05, 0.1) is 5.69 Å². The minimum atomic E-state index is -2.65. The normalized spacial score (nSPS) is 21.4. The molecule has 1 saturated heterocycles. The highest BCUT2D eigenvalue weighted by Crippen LogP contribution is 2.31. The van der Waals surface area contributed by atoms with Crippen molar-refractivity contribution in [1.82, 2.24) is 24.5 Å². The largest absolute Gasteiger partial charge is 0.342 e. The summed E-state index contributed by atoms with van der Waals surface area (Å²) in [7, 11) is 0. The fraction of sp³-hybridized carbons (Fsp3) is 0.684. The Morgan fingerprint density at radius 3 is 2.81 bits per heavy atom. The molecule has 27 heavy (non-hydrogen) atoms. The van der Waals surface area contributed by atoms with Crippen molar-refractivity contribution in [3.05, 3.63) is 23.8 Å². The number of piperidine rings is 1. The molecule has 0 unspecified atom stereocenters. The summed E-state index contributed by atoms with van der Waals surface area (Å²) in [5.41, 5.74) is 0.385. The molecule has 1 atom stereocenters. The number of rotatable bonds is 5. The fourth-order valence-corrected chi connectivity index (χ4v) is 4.45. The van der Waals surface area contributed by atoms with Crippen LogP contribution in [0, 0.1) is 5.92 Å². The van der Waals surface area contributed by atoms with Crippen LogP contribution in [0.1, 0.15) is 75.1 Å². The number of hydrogen-bond donors (Lipinski definition) is 0. The van der Waals surface area contributed by atoms with Crippen molar-refractivity contribution in [2.75, 3.05) is 13.1 Å². The molecule has 1 aliphatic heterocycles. The molecular formula is C19H25F2N5O. The molecule has 2 aromatic heterocycles. The molecule has 146 valence electrons. The van der Waals surface area contributed by atoms with E-state index in [2.05, 4.69) is 15.1 Å². The van der Waals surface area contributed by atoms with E-state index in [9.17, 15) is 13.6 Å². The summed E-state index contributed by atoms with van der Waals surface area (Å²) in [5, 5.41) is 3.83. The summed E-state index contributed by atoms with van der Waals surface area (Å²) in [4.78, 5) is 22.9. The van der Waals surface area contributed by atoms with Gasteiger partial charge in [-0.3, -0.25) is 4.79 Å². The minimum absolute atomic E-state index is 0.0339. The molecule has 0 bridgehead atoms. The second-order valence-electron chi connectivity index (χ2n) is 7.75. The third-order valence-electron chi connectivity index (χ3n) is 5.96. The lowest BCUT2D eigenvalue weighted by Gasteiger charge is -2.33. The van der Waals surface area contributed by atoms with Gasteiger partial charge in [0.2, 0.25) is 5.91 Å². The number of likely N-dealkylation sites (tertiary alicyclic amines) is 1. The molecule has 0 spiro atoms. The van der Waals surface area contributed by atoms with Crippen molar-refractivity contribution in [3.8, 4) is 0 Å². The van der Waals surface area contributed by atoms with Gasteiger partial charge in [0, 0.05) is 25.4 Å². The van der Waals surface area contributed by atoms with Gasteiger partial charge in [0.15, 0.2) is 0 Å². The van der Waals surface area contributed by atoms with Crippen LogP contribution in [0.25, 0.3) is 5.78 Å². The summed E-state index contributed by atoms with van der Waals surface area (Å²) in [6, 6.07) is 1.42. The first kappa shape index (κ1) is 18.3. The first-order chi connectivity index (χ1) is 13.1. The van der Waals surface area contributed by atoms with Crippen LogP contribution in [0.5, 0.6) is 0 Å². The summed E-state index contributed by atoms with van der Waals surface area (Å²) in [6.07, 6.45) is 6.91. The van der Waals surface area contributed by atoms with E-state index in [0.717, 1.165) is 30.3 Å². The molecule has 2 aliphatic rings. The molecule has 1 amide bonds. The number of nitrogens with zero attached hydrogens (tertiary/aromatic N) is 5. The van der Waals surface area contributed by atoms with Crippen LogP contribution >= 0.6 is 0 Å². The van der Waals surface area contributed by atoms with Gasteiger partial charge in [0.25, 0.3) is 12.2 Å². The fourth-order valence-electron chi connectivity index (χ4n) is 4.45. The van der Waals surface area contributed by atoms with E-state index in [-0.39, 0.29) is 23.3 Å². The Hall–Kier alpha value is -2.12. The molecule has 0 radical (unpaired) electrons. The zero-order valence-corrected chi connectivity index (χ0v) is 15.4. The number of hydrogen-bond acceptors (Lipinski definition) is 4. The maximum atomic E-state index is 13.4. The number of halogens is 2. The van der Waals surface area contributed by atoms with Gasteiger partial charge in [0.1, 0.15) is 12.0 Å². The van der Waals surface area contributed by atoms with Crippen molar-refractivity contribution in [1.29, 1.82) is 0 Å². The molecule has 1 aliphatic carbocycles. The van der Waals surface area contributed by atoms with E-state index in [4.69, 9.17) is 0 Å². The number of carbonyl (C=O) groups excluding carboxylic acids is 1. The predicted molar refractivity (Wildman–Crippen MR) is 95.5 cm³/mol. The van der Waals surface area contributed by atoms with Crippen LogP contribution in [-0.4, -0.2) is 43.5 Å². The summed E-state index contributed by atoms with van der Waals surface area (Å²) in [5.74, 6) is 1.03. The van der Waals surface area contributed by atoms with E-state index < -0.39 is 6.43 Å². The average molecular weight is 377 g/mol. The van der Waals surface area contributed by atoms with Crippen LogP contribution in [-0.2, 0) is 4.79 Å². The van der Waals surface area contributed by atoms with E-state index in [1.807, 2.05) is 4.90 Å². The van der Waals surface area contributed by atoms with E-state index in [0.29, 0.717) is 24.6 Å². The Morgan fingerprint density at radius 1 is 1.22 bits per heavy atom. The average Bonchev–Trinajstić information content (AvgIpc) is 3.36. The lowest BCUT2D eigenvalue weighted by molar-refractivity contribution is -0.132. The van der Waals surface area contributed by atoms with E-state index >= 15 is 0 Å². The smallest absolute Gasteiger partial charge is 0.280 e. The lowest BCUT2D eigenvalue weighted by atomic mass is 9.93. The summed E-state index contributed by atoms with van der Waals surface area (Å²) >= 11 is 0. The monoisotopic (exact) mass is 377 g/mol. The van der Waals surface area contributed by atoms with Crippen molar-refractivity contribution in [2.45, 2.75) is 63.7 Å². The Bertz CT molecular complexity index is 802. The van der Waals surface area contributed by atoms with Gasteiger partial charge in [-0.1, -0.05) is 25.7 Å². The molecule has 0 aromatic carbocycles. The topological polar surface area (TPSA) is 63.4 Å². The van der Waals surface area contributed by atoms with Crippen LogP contribution in [0.15, 0.2) is 12.4 Å². The highest BCUT2D eigenvalue weighted by molar-refractivity contribution is 5.76. The maximum absolute atomic E-state index is 13.4. The molecule has 8 heteroatoms. The second-order valence-corrected chi connectivity index (χ2v) is 7.75. The quantitative estimate of drug-likeness (QED) is 0.796. The predicted octanol–water partition coefficient (Wildman–Crippen LogP) is 3.74. The summed E-state index contributed by atoms with van der Waals surface area (Å²) < 4.78 is 27.9. The zero-order valence-electron chi connectivity index (χ0n) is 15.4. The Morgan fingerprint density at radius 2 is 2.04 bits per heavy atom. The molecule has 1 saturated carbocycles. The van der Waals surface area contributed by atoms with Crippen molar-refractivity contribution in [2.24, 2.45) is 5.92 Å². The van der Waals surface area contributed by atoms with Gasteiger partial charge in [-0.2, -0.15) is 14.6 Å². The van der Waals surface area contributed by atoms with Crippen molar-refractivity contribution < 1.29 is 13.6 Å². The van der Waals surface area contributed by atoms with Gasteiger partial charge < -0.3 is 4.90 Å². The molecule has 4 rings (SSSR count). The molecule has 2 aromatic rings. The number of fused-ring (bicyclic) bond motifs is 1. The number of carbonyl (C=O) groups is 1. The minimum Gasteiger partial charge on any atom is -0.342 e. The van der Waals surface area contributed by atoms with Crippen LogP contribution in [0.3, 0.4) is 0 Å². The molecule has 0 N–H and O–H groups in total. The maximum Gasteiger partial charge on any atom is 0.280 e. The Balaban J connectivity index is 1.46. The van der Waals surface area contributed by atoms with Crippen LogP contribution < -0.4 is 0 Å². The second kappa shape index (κ2) is 7.86. The zero-order chi connectivity index (χ0) is 18.8. The van der Waals surface area contributed by atoms with Gasteiger partial charge >= 0.3 is 0 Å². The van der Waals surface area contributed by atoms with E-state index in [1.165, 1.54) is 38.1 Å². The highest BCUT2D eigenvalue weighted by atomic mass is 19.3. The third kappa shape index (κ3) is 3.94. The molecule has 3 heterocycles. The summed E-state index contributed by atoms with van der Waals surface area (Å²) in [6.45, 7) is 1.29. The lowest BCUT2D eigenvalue weighted by Crippen LogP contribution is -2.39.